The zero-order valence-electron chi connectivity index (χ0n) is 12.5. The topological polar surface area (TPSA) is 44.0 Å². The lowest BCUT2D eigenvalue weighted by Gasteiger charge is -2.35. The number of nitrogens with zero attached hydrogens (tertiary/aromatic N) is 2. The molecule has 1 unspecified atom stereocenters. The predicted octanol–water partition coefficient (Wildman–Crippen LogP) is 2.56. The van der Waals surface area contributed by atoms with E-state index in [1.807, 2.05) is 12.4 Å². The summed E-state index contributed by atoms with van der Waals surface area (Å²) in [6.07, 6.45) is 3.88. The standard InChI is InChI=1S/C18H20N4/c1-2-4-14(5-3-1)17(22-12-10-19-11-13-22)15-6-8-20-18-16(15)7-9-21-18/h1-9,17,19H,10-13H2,(H,20,21). The van der Waals surface area contributed by atoms with Crippen molar-refractivity contribution >= 4 is 11.0 Å². The highest BCUT2D eigenvalue weighted by atomic mass is 15.2. The van der Waals surface area contributed by atoms with Crippen LogP contribution in [0.1, 0.15) is 17.2 Å². The Morgan fingerprint density at radius 2 is 1.82 bits per heavy atom. The summed E-state index contributed by atoms with van der Waals surface area (Å²) in [7, 11) is 0. The summed E-state index contributed by atoms with van der Waals surface area (Å²) in [5.74, 6) is 0. The van der Waals surface area contributed by atoms with Crippen molar-refractivity contribution in [2.45, 2.75) is 6.04 Å². The molecule has 0 spiro atoms. The Morgan fingerprint density at radius 3 is 2.64 bits per heavy atom. The van der Waals surface area contributed by atoms with Crippen LogP contribution in [0.3, 0.4) is 0 Å². The summed E-state index contributed by atoms with van der Waals surface area (Å²) < 4.78 is 0. The van der Waals surface area contributed by atoms with Crippen LogP contribution in [0, 0.1) is 0 Å². The number of rotatable bonds is 3. The van der Waals surface area contributed by atoms with Crippen LogP contribution >= 0.6 is 0 Å². The van der Waals surface area contributed by atoms with E-state index < -0.39 is 0 Å². The average Bonchev–Trinajstić information content (AvgIpc) is 3.07. The lowest BCUT2D eigenvalue weighted by Crippen LogP contribution is -2.45. The van der Waals surface area contributed by atoms with E-state index in [2.05, 4.69) is 62.6 Å². The number of hydrogen-bond donors (Lipinski definition) is 2. The van der Waals surface area contributed by atoms with Gasteiger partial charge in [0.1, 0.15) is 5.65 Å². The molecule has 0 aliphatic carbocycles. The maximum absolute atomic E-state index is 4.44. The maximum atomic E-state index is 4.44. The first-order valence-corrected chi connectivity index (χ1v) is 7.85. The molecule has 3 aromatic rings. The summed E-state index contributed by atoms with van der Waals surface area (Å²) in [4.78, 5) is 10.2. The second kappa shape index (κ2) is 5.91. The number of piperazine rings is 1. The molecule has 1 saturated heterocycles. The van der Waals surface area contributed by atoms with Crippen LogP contribution in [-0.2, 0) is 0 Å². The van der Waals surface area contributed by atoms with Gasteiger partial charge in [-0.2, -0.15) is 0 Å². The van der Waals surface area contributed by atoms with Crippen molar-refractivity contribution in [3.05, 3.63) is 66.0 Å². The molecule has 22 heavy (non-hydrogen) atoms. The van der Waals surface area contributed by atoms with Crippen LogP contribution in [0.25, 0.3) is 11.0 Å². The molecular formula is C18H20N4. The predicted molar refractivity (Wildman–Crippen MR) is 88.8 cm³/mol. The molecule has 4 nitrogen and oxygen atoms in total. The Kier molecular flexibility index (Phi) is 3.62. The molecule has 0 bridgehead atoms. The third-order valence-electron chi connectivity index (χ3n) is 4.42. The highest BCUT2D eigenvalue weighted by molar-refractivity contribution is 5.80. The summed E-state index contributed by atoms with van der Waals surface area (Å²) in [6, 6.07) is 15.4. The molecule has 2 N–H and O–H groups in total. The Balaban J connectivity index is 1.84. The zero-order chi connectivity index (χ0) is 14.8. The lowest BCUT2D eigenvalue weighted by molar-refractivity contribution is 0.199. The van der Waals surface area contributed by atoms with Gasteiger partial charge in [-0.1, -0.05) is 30.3 Å². The van der Waals surface area contributed by atoms with Crippen LogP contribution in [0.15, 0.2) is 54.9 Å². The van der Waals surface area contributed by atoms with Gasteiger partial charge >= 0.3 is 0 Å². The molecule has 0 saturated carbocycles. The van der Waals surface area contributed by atoms with E-state index in [0.717, 1.165) is 31.8 Å². The zero-order valence-corrected chi connectivity index (χ0v) is 12.5. The number of hydrogen-bond acceptors (Lipinski definition) is 3. The molecule has 1 fully saturated rings. The summed E-state index contributed by atoms with van der Waals surface area (Å²) in [5, 5.41) is 4.66. The molecule has 4 heteroatoms. The summed E-state index contributed by atoms with van der Waals surface area (Å²) in [5.41, 5.74) is 3.64. The van der Waals surface area contributed by atoms with Gasteiger partial charge in [0.2, 0.25) is 0 Å². The third kappa shape index (κ3) is 2.40. The van der Waals surface area contributed by atoms with E-state index in [4.69, 9.17) is 0 Å². The van der Waals surface area contributed by atoms with Crippen molar-refractivity contribution in [3.63, 3.8) is 0 Å². The fourth-order valence-electron chi connectivity index (χ4n) is 3.38. The number of H-pyrrole nitrogens is 1. The number of pyridine rings is 1. The Morgan fingerprint density at radius 1 is 1.00 bits per heavy atom. The molecule has 3 heterocycles. The van der Waals surface area contributed by atoms with Gasteiger partial charge in [0, 0.05) is 44.0 Å². The van der Waals surface area contributed by atoms with E-state index in [0.29, 0.717) is 0 Å². The first-order valence-electron chi connectivity index (χ1n) is 7.85. The summed E-state index contributed by atoms with van der Waals surface area (Å²) in [6.45, 7) is 4.22. The number of aromatic nitrogens is 2. The van der Waals surface area contributed by atoms with E-state index in [9.17, 15) is 0 Å². The van der Waals surface area contributed by atoms with Gasteiger partial charge in [-0.05, 0) is 23.3 Å². The quantitative estimate of drug-likeness (QED) is 0.780. The largest absolute Gasteiger partial charge is 0.346 e. The molecule has 112 valence electrons. The molecule has 1 aliphatic rings. The Hall–Kier alpha value is -2.17. The summed E-state index contributed by atoms with van der Waals surface area (Å²) >= 11 is 0. The molecule has 4 rings (SSSR count). The van der Waals surface area contributed by atoms with Crippen molar-refractivity contribution in [2.75, 3.05) is 26.2 Å². The molecule has 1 aliphatic heterocycles. The molecule has 0 amide bonds. The number of nitrogens with one attached hydrogen (secondary N) is 2. The highest BCUT2D eigenvalue weighted by Crippen LogP contribution is 2.32. The van der Waals surface area contributed by atoms with E-state index in [-0.39, 0.29) is 6.04 Å². The monoisotopic (exact) mass is 292 g/mol. The van der Waals surface area contributed by atoms with Gasteiger partial charge in [0.25, 0.3) is 0 Å². The average molecular weight is 292 g/mol. The lowest BCUT2D eigenvalue weighted by atomic mass is 9.95. The van der Waals surface area contributed by atoms with Crippen molar-refractivity contribution in [2.24, 2.45) is 0 Å². The van der Waals surface area contributed by atoms with Gasteiger partial charge in [-0.25, -0.2) is 4.98 Å². The van der Waals surface area contributed by atoms with Crippen LogP contribution in [0.2, 0.25) is 0 Å². The van der Waals surface area contributed by atoms with Crippen molar-refractivity contribution in [1.29, 1.82) is 0 Å². The molecule has 2 aromatic heterocycles. The molecule has 0 radical (unpaired) electrons. The minimum absolute atomic E-state index is 0.282. The first-order chi connectivity index (χ1) is 10.9. The minimum Gasteiger partial charge on any atom is -0.346 e. The van der Waals surface area contributed by atoms with Crippen molar-refractivity contribution < 1.29 is 0 Å². The Bertz CT molecular complexity index is 744. The number of aromatic amines is 1. The maximum Gasteiger partial charge on any atom is 0.137 e. The SMILES string of the molecule is c1ccc(C(c2ccnc3[nH]ccc23)N2CCNCC2)cc1. The second-order valence-corrected chi connectivity index (χ2v) is 5.74. The second-order valence-electron chi connectivity index (χ2n) is 5.74. The van der Waals surface area contributed by atoms with Crippen LogP contribution in [0.5, 0.6) is 0 Å². The van der Waals surface area contributed by atoms with E-state index in [1.54, 1.807) is 0 Å². The van der Waals surface area contributed by atoms with Crippen molar-refractivity contribution in [3.8, 4) is 0 Å². The first kappa shape index (κ1) is 13.5. The minimum atomic E-state index is 0.282. The van der Waals surface area contributed by atoms with Gasteiger partial charge in [-0.15, -0.1) is 0 Å². The van der Waals surface area contributed by atoms with Crippen LogP contribution in [-0.4, -0.2) is 41.0 Å². The molecule has 1 aromatic carbocycles. The normalized spacial score (nSPS) is 17.6. The van der Waals surface area contributed by atoms with Crippen molar-refractivity contribution in [1.82, 2.24) is 20.2 Å². The van der Waals surface area contributed by atoms with Gasteiger partial charge in [0.15, 0.2) is 0 Å². The number of benzene rings is 1. The molecular weight excluding hydrogens is 272 g/mol. The fraction of sp³-hybridized carbons (Fsp3) is 0.278. The number of fused-ring (bicyclic) bond motifs is 1. The van der Waals surface area contributed by atoms with E-state index in [1.165, 1.54) is 16.5 Å². The van der Waals surface area contributed by atoms with Gasteiger partial charge < -0.3 is 10.3 Å². The van der Waals surface area contributed by atoms with Crippen LogP contribution in [0.4, 0.5) is 0 Å². The van der Waals surface area contributed by atoms with Gasteiger partial charge in [0.05, 0.1) is 6.04 Å². The van der Waals surface area contributed by atoms with E-state index >= 15 is 0 Å². The van der Waals surface area contributed by atoms with Crippen LogP contribution < -0.4 is 5.32 Å². The Labute approximate surface area is 130 Å². The van der Waals surface area contributed by atoms with Gasteiger partial charge in [-0.3, -0.25) is 4.90 Å². The molecule has 1 atom stereocenters. The smallest absolute Gasteiger partial charge is 0.137 e. The fourth-order valence-corrected chi connectivity index (χ4v) is 3.38. The highest BCUT2D eigenvalue weighted by Gasteiger charge is 2.25. The third-order valence-corrected chi connectivity index (χ3v) is 4.42.